The minimum atomic E-state index is -0.760. The van der Waals surface area contributed by atoms with Crippen molar-refractivity contribution in [2.75, 3.05) is 19.8 Å². The molecule has 1 unspecified atom stereocenters. The van der Waals surface area contributed by atoms with Gasteiger partial charge < -0.3 is 14.6 Å². The summed E-state index contributed by atoms with van der Waals surface area (Å²) < 4.78 is 10.5. The van der Waals surface area contributed by atoms with Gasteiger partial charge in [0.2, 0.25) is 0 Å². The van der Waals surface area contributed by atoms with Crippen molar-refractivity contribution in [2.24, 2.45) is 0 Å². The van der Waals surface area contributed by atoms with Gasteiger partial charge >= 0.3 is 5.97 Å². The number of carbonyl (C=O) groups is 1. The predicted molar refractivity (Wildman–Crippen MR) is 42.0 cm³/mol. The molecule has 1 fully saturated rings. The lowest BCUT2D eigenvalue weighted by atomic mass is 10.1. The van der Waals surface area contributed by atoms with Crippen molar-refractivity contribution in [1.29, 1.82) is 0 Å². The van der Waals surface area contributed by atoms with Crippen LogP contribution in [0.5, 0.6) is 0 Å². The first kappa shape index (κ1) is 9.48. The highest BCUT2D eigenvalue weighted by molar-refractivity contribution is 5.66. The second-order valence-electron chi connectivity index (χ2n) is 2.83. The van der Waals surface area contributed by atoms with Gasteiger partial charge in [0.05, 0.1) is 19.3 Å². The third-order valence-electron chi connectivity index (χ3n) is 1.85. The lowest BCUT2D eigenvalue weighted by molar-refractivity contribution is -0.137. The summed E-state index contributed by atoms with van der Waals surface area (Å²) in [5.41, 5.74) is 0. The highest BCUT2D eigenvalue weighted by atomic mass is 16.5. The van der Waals surface area contributed by atoms with Gasteiger partial charge in [-0.3, -0.25) is 4.79 Å². The summed E-state index contributed by atoms with van der Waals surface area (Å²) in [5, 5.41) is 8.43. The highest BCUT2D eigenvalue weighted by Crippen LogP contribution is 2.09. The fourth-order valence-corrected chi connectivity index (χ4v) is 1.19. The van der Waals surface area contributed by atoms with E-state index in [-0.39, 0.29) is 12.5 Å². The van der Waals surface area contributed by atoms with E-state index in [4.69, 9.17) is 14.6 Å². The first-order valence-electron chi connectivity index (χ1n) is 4.20. The van der Waals surface area contributed by atoms with Crippen LogP contribution in [-0.4, -0.2) is 37.0 Å². The van der Waals surface area contributed by atoms with E-state index in [0.29, 0.717) is 26.2 Å². The normalized spacial score (nSPS) is 24.8. The molecule has 12 heavy (non-hydrogen) atoms. The van der Waals surface area contributed by atoms with Crippen molar-refractivity contribution in [1.82, 2.24) is 0 Å². The maximum atomic E-state index is 10.2. The van der Waals surface area contributed by atoms with Crippen LogP contribution in [0.15, 0.2) is 0 Å². The Hall–Kier alpha value is -0.610. The molecule has 0 aliphatic carbocycles. The van der Waals surface area contributed by atoms with Crippen LogP contribution in [0.1, 0.15) is 19.3 Å². The molecule has 1 saturated heterocycles. The Morgan fingerprint density at radius 3 is 3.00 bits per heavy atom. The Bertz CT molecular complexity index is 138. The fraction of sp³-hybridized carbons (Fsp3) is 0.875. The van der Waals surface area contributed by atoms with Gasteiger partial charge in [0.15, 0.2) is 0 Å². The second kappa shape index (κ2) is 5.11. The minimum Gasteiger partial charge on any atom is -0.481 e. The van der Waals surface area contributed by atoms with Gasteiger partial charge in [-0.1, -0.05) is 0 Å². The Kier molecular flexibility index (Phi) is 4.04. The standard InChI is InChI=1S/C8H14O4/c9-8(10)2-1-7-3-4-11-5-6-12-7/h7H,1-6H2,(H,9,10). The third kappa shape index (κ3) is 3.69. The Morgan fingerprint density at radius 1 is 1.42 bits per heavy atom. The van der Waals surface area contributed by atoms with Crippen LogP contribution in [0.4, 0.5) is 0 Å². The van der Waals surface area contributed by atoms with E-state index in [0.717, 1.165) is 6.42 Å². The first-order chi connectivity index (χ1) is 5.79. The van der Waals surface area contributed by atoms with Crippen molar-refractivity contribution in [3.05, 3.63) is 0 Å². The quantitative estimate of drug-likeness (QED) is 0.682. The van der Waals surface area contributed by atoms with Gasteiger partial charge in [-0.15, -0.1) is 0 Å². The van der Waals surface area contributed by atoms with E-state index in [2.05, 4.69) is 0 Å². The van der Waals surface area contributed by atoms with Crippen molar-refractivity contribution in [3.63, 3.8) is 0 Å². The van der Waals surface area contributed by atoms with Gasteiger partial charge in [0, 0.05) is 13.0 Å². The fourth-order valence-electron chi connectivity index (χ4n) is 1.19. The Morgan fingerprint density at radius 2 is 2.25 bits per heavy atom. The predicted octanol–water partition coefficient (Wildman–Crippen LogP) is 0.657. The molecule has 0 amide bonds. The molecule has 1 aliphatic rings. The molecule has 1 heterocycles. The molecular formula is C8H14O4. The lowest BCUT2D eigenvalue weighted by Gasteiger charge is -2.11. The van der Waals surface area contributed by atoms with Crippen molar-refractivity contribution in [2.45, 2.75) is 25.4 Å². The lowest BCUT2D eigenvalue weighted by Crippen LogP contribution is -2.14. The number of carboxylic acid groups (broad SMARTS) is 1. The third-order valence-corrected chi connectivity index (χ3v) is 1.85. The molecule has 4 nitrogen and oxygen atoms in total. The Balaban J connectivity index is 2.16. The summed E-state index contributed by atoms with van der Waals surface area (Å²) in [4.78, 5) is 10.2. The summed E-state index contributed by atoms with van der Waals surface area (Å²) in [7, 11) is 0. The monoisotopic (exact) mass is 174 g/mol. The molecule has 0 bridgehead atoms. The van der Waals surface area contributed by atoms with Gasteiger partial charge in [0.1, 0.15) is 0 Å². The van der Waals surface area contributed by atoms with Crippen LogP contribution >= 0.6 is 0 Å². The number of ether oxygens (including phenoxy) is 2. The molecule has 4 heteroatoms. The van der Waals surface area contributed by atoms with Crippen LogP contribution in [0.25, 0.3) is 0 Å². The van der Waals surface area contributed by atoms with Crippen LogP contribution in [-0.2, 0) is 14.3 Å². The number of aliphatic carboxylic acids is 1. The molecule has 70 valence electrons. The maximum Gasteiger partial charge on any atom is 0.303 e. The average Bonchev–Trinajstić information content (AvgIpc) is 2.28. The highest BCUT2D eigenvalue weighted by Gasteiger charge is 2.13. The van der Waals surface area contributed by atoms with Crippen molar-refractivity contribution < 1.29 is 19.4 Å². The van der Waals surface area contributed by atoms with Crippen LogP contribution in [0.3, 0.4) is 0 Å². The van der Waals surface area contributed by atoms with E-state index in [1.807, 2.05) is 0 Å². The van der Waals surface area contributed by atoms with E-state index >= 15 is 0 Å². The van der Waals surface area contributed by atoms with Gasteiger partial charge in [-0.25, -0.2) is 0 Å². The summed E-state index contributed by atoms with van der Waals surface area (Å²) >= 11 is 0. The topological polar surface area (TPSA) is 55.8 Å². The van der Waals surface area contributed by atoms with Gasteiger partial charge in [0.25, 0.3) is 0 Å². The summed E-state index contributed by atoms with van der Waals surface area (Å²) in [6.07, 6.45) is 1.67. The molecule has 1 rings (SSSR count). The molecule has 1 atom stereocenters. The van der Waals surface area contributed by atoms with Crippen molar-refractivity contribution >= 4 is 5.97 Å². The number of carboxylic acids is 1. The zero-order chi connectivity index (χ0) is 8.81. The number of hydrogen-bond acceptors (Lipinski definition) is 3. The first-order valence-corrected chi connectivity index (χ1v) is 4.20. The second-order valence-corrected chi connectivity index (χ2v) is 2.83. The molecular weight excluding hydrogens is 160 g/mol. The largest absolute Gasteiger partial charge is 0.481 e. The molecule has 1 N–H and O–H groups in total. The Labute approximate surface area is 71.5 Å². The maximum absolute atomic E-state index is 10.2. The molecule has 0 aromatic heterocycles. The van der Waals surface area contributed by atoms with E-state index in [1.165, 1.54) is 0 Å². The summed E-state index contributed by atoms with van der Waals surface area (Å²) in [6, 6.07) is 0. The van der Waals surface area contributed by atoms with Gasteiger partial charge in [-0.05, 0) is 12.8 Å². The van der Waals surface area contributed by atoms with Crippen LogP contribution in [0, 0.1) is 0 Å². The number of rotatable bonds is 3. The van der Waals surface area contributed by atoms with E-state index in [9.17, 15) is 4.79 Å². The smallest absolute Gasteiger partial charge is 0.303 e. The molecule has 0 aromatic carbocycles. The average molecular weight is 174 g/mol. The van der Waals surface area contributed by atoms with E-state index in [1.54, 1.807) is 0 Å². The zero-order valence-electron chi connectivity index (χ0n) is 6.99. The van der Waals surface area contributed by atoms with Crippen LogP contribution in [0.2, 0.25) is 0 Å². The molecule has 0 saturated carbocycles. The summed E-state index contributed by atoms with van der Waals surface area (Å²) in [5.74, 6) is -0.760. The minimum absolute atomic E-state index is 0.0728. The van der Waals surface area contributed by atoms with E-state index < -0.39 is 5.97 Å². The summed E-state index contributed by atoms with van der Waals surface area (Å²) in [6.45, 7) is 1.90. The molecule has 1 aliphatic heterocycles. The molecule has 0 spiro atoms. The molecule has 0 aromatic rings. The zero-order valence-corrected chi connectivity index (χ0v) is 6.99. The van der Waals surface area contributed by atoms with Gasteiger partial charge in [-0.2, -0.15) is 0 Å². The number of hydrogen-bond donors (Lipinski definition) is 1. The molecule has 0 radical (unpaired) electrons. The van der Waals surface area contributed by atoms with Crippen molar-refractivity contribution in [3.8, 4) is 0 Å². The SMILES string of the molecule is O=C(O)CCC1CCOCCO1. The van der Waals surface area contributed by atoms with Crippen LogP contribution < -0.4 is 0 Å².